The third kappa shape index (κ3) is 3.64. The van der Waals surface area contributed by atoms with Gasteiger partial charge in [-0.15, -0.1) is 0 Å². The Bertz CT molecular complexity index is 1240. The number of ether oxygens (including phenoxy) is 1. The highest BCUT2D eigenvalue weighted by Crippen LogP contribution is 2.31. The van der Waals surface area contributed by atoms with Crippen LogP contribution in [0.25, 0.3) is 16.9 Å². The van der Waals surface area contributed by atoms with Crippen LogP contribution in [-0.4, -0.2) is 38.3 Å². The van der Waals surface area contributed by atoms with Gasteiger partial charge in [0.1, 0.15) is 5.82 Å². The van der Waals surface area contributed by atoms with E-state index >= 15 is 0 Å². The van der Waals surface area contributed by atoms with E-state index < -0.39 is 7.12 Å². The molecule has 3 N–H and O–H groups in total. The largest absolute Gasteiger partial charge is 0.489 e. The molecule has 0 bridgehead atoms. The SMILES string of the molecule is Cc1cc2c(B(O)O)cccc2n1-c1nc(NCc2ccccc2)c2c(n1)OCCC2. The number of nitrogens with one attached hydrogen (secondary N) is 1. The van der Waals surface area contributed by atoms with Crippen molar-refractivity contribution in [3.8, 4) is 11.8 Å². The van der Waals surface area contributed by atoms with Crippen molar-refractivity contribution < 1.29 is 14.8 Å². The lowest BCUT2D eigenvalue weighted by Crippen LogP contribution is -2.30. The third-order valence-corrected chi connectivity index (χ3v) is 5.61. The molecule has 4 aromatic rings. The quantitative estimate of drug-likeness (QED) is 0.435. The van der Waals surface area contributed by atoms with Gasteiger partial charge in [-0.2, -0.15) is 9.97 Å². The van der Waals surface area contributed by atoms with Gasteiger partial charge in [-0.25, -0.2) is 0 Å². The molecule has 3 heterocycles. The lowest BCUT2D eigenvalue weighted by Gasteiger charge is -2.21. The summed E-state index contributed by atoms with van der Waals surface area (Å²) in [5.41, 5.74) is 4.32. The number of anilines is 1. The lowest BCUT2D eigenvalue weighted by molar-refractivity contribution is 0.275. The van der Waals surface area contributed by atoms with Crippen molar-refractivity contribution in [2.45, 2.75) is 26.3 Å². The van der Waals surface area contributed by atoms with E-state index in [2.05, 4.69) is 17.4 Å². The molecular formula is C23H23BN4O3. The summed E-state index contributed by atoms with van der Waals surface area (Å²) >= 11 is 0. The van der Waals surface area contributed by atoms with Crippen molar-refractivity contribution in [1.29, 1.82) is 0 Å². The number of rotatable bonds is 5. The second-order valence-corrected chi connectivity index (χ2v) is 7.72. The van der Waals surface area contributed by atoms with Gasteiger partial charge >= 0.3 is 7.12 Å². The van der Waals surface area contributed by atoms with Gasteiger partial charge in [0.05, 0.1) is 17.7 Å². The van der Waals surface area contributed by atoms with Crippen molar-refractivity contribution >= 4 is 29.3 Å². The molecule has 0 amide bonds. The van der Waals surface area contributed by atoms with Crippen LogP contribution in [0.4, 0.5) is 5.82 Å². The maximum absolute atomic E-state index is 9.76. The average Bonchev–Trinajstić information content (AvgIpc) is 3.13. The van der Waals surface area contributed by atoms with Gasteiger partial charge in [0, 0.05) is 17.6 Å². The number of nitrogens with zero attached hydrogens (tertiary/aromatic N) is 3. The van der Waals surface area contributed by atoms with Crippen LogP contribution in [0.3, 0.4) is 0 Å². The highest BCUT2D eigenvalue weighted by Gasteiger charge is 2.23. The topological polar surface area (TPSA) is 92.4 Å². The Balaban J connectivity index is 1.62. The Morgan fingerprint density at radius 3 is 2.74 bits per heavy atom. The molecule has 31 heavy (non-hydrogen) atoms. The summed E-state index contributed by atoms with van der Waals surface area (Å²) < 4.78 is 7.81. The van der Waals surface area contributed by atoms with Crippen LogP contribution in [0, 0.1) is 6.92 Å². The Morgan fingerprint density at radius 2 is 1.94 bits per heavy atom. The van der Waals surface area contributed by atoms with Crippen LogP contribution in [0.15, 0.2) is 54.6 Å². The average molecular weight is 414 g/mol. The van der Waals surface area contributed by atoms with E-state index in [1.54, 1.807) is 12.1 Å². The van der Waals surface area contributed by atoms with Crippen molar-refractivity contribution in [1.82, 2.24) is 14.5 Å². The van der Waals surface area contributed by atoms with Gasteiger partial charge in [0.2, 0.25) is 11.8 Å². The molecule has 1 aliphatic rings. The smallest absolute Gasteiger partial charge is 0.477 e. The van der Waals surface area contributed by atoms with E-state index in [1.165, 1.54) is 0 Å². The van der Waals surface area contributed by atoms with E-state index in [-0.39, 0.29) is 0 Å². The highest BCUT2D eigenvalue weighted by molar-refractivity contribution is 6.61. The van der Waals surface area contributed by atoms with Crippen molar-refractivity contribution in [3.63, 3.8) is 0 Å². The Labute approximate surface area is 180 Å². The van der Waals surface area contributed by atoms with Crippen LogP contribution in [0.5, 0.6) is 5.88 Å². The molecule has 8 heteroatoms. The van der Waals surface area contributed by atoms with Crippen molar-refractivity contribution in [2.75, 3.05) is 11.9 Å². The minimum absolute atomic E-state index is 0.455. The van der Waals surface area contributed by atoms with Gasteiger partial charge in [-0.3, -0.25) is 4.57 Å². The molecule has 2 aromatic heterocycles. The third-order valence-electron chi connectivity index (χ3n) is 5.61. The molecule has 0 saturated heterocycles. The van der Waals surface area contributed by atoms with Gasteiger partial charge in [-0.05, 0) is 42.9 Å². The molecule has 7 nitrogen and oxygen atoms in total. The normalized spacial score (nSPS) is 13.0. The molecule has 0 atom stereocenters. The van der Waals surface area contributed by atoms with Gasteiger partial charge < -0.3 is 20.1 Å². The molecular weight excluding hydrogens is 391 g/mol. The van der Waals surface area contributed by atoms with Crippen LogP contribution >= 0.6 is 0 Å². The molecule has 0 aliphatic carbocycles. The summed E-state index contributed by atoms with van der Waals surface area (Å²) in [5, 5.41) is 23.7. The molecule has 0 radical (unpaired) electrons. The fraction of sp³-hybridized carbons (Fsp3) is 0.217. The lowest BCUT2D eigenvalue weighted by atomic mass is 9.78. The Kier molecular flexibility index (Phi) is 5.09. The molecule has 1 aliphatic heterocycles. The maximum atomic E-state index is 9.76. The Hall–Kier alpha value is -3.36. The van der Waals surface area contributed by atoms with Crippen molar-refractivity contribution in [3.05, 3.63) is 71.4 Å². The monoisotopic (exact) mass is 414 g/mol. The van der Waals surface area contributed by atoms with Crippen LogP contribution in [0.2, 0.25) is 0 Å². The van der Waals surface area contributed by atoms with Crippen LogP contribution < -0.4 is 15.5 Å². The molecule has 0 saturated carbocycles. The predicted octanol–water partition coefficient (Wildman–Crippen LogP) is 2.35. The minimum Gasteiger partial charge on any atom is -0.477 e. The van der Waals surface area contributed by atoms with Crippen molar-refractivity contribution in [2.24, 2.45) is 0 Å². The van der Waals surface area contributed by atoms with Crippen LogP contribution in [-0.2, 0) is 13.0 Å². The van der Waals surface area contributed by atoms with Gasteiger partial charge in [0.15, 0.2) is 0 Å². The van der Waals surface area contributed by atoms with E-state index in [4.69, 9.17) is 14.7 Å². The summed E-state index contributed by atoms with van der Waals surface area (Å²) in [5.74, 6) is 1.86. The van der Waals surface area contributed by atoms with Gasteiger partial charge in [-0.1, -0.05) is 42.5 Å². The second kappa shape index (κ2) is 8.05. The predicted molar refractivity (Wildman–Crippen MR) is 121 cm³/mol. The zero-order valence-corrected chi connectivity index (χ0v) is 17.2. The molecule has 0 fully saturated rings. The van der Waals surface area contributed by atoms with E-state index in [1.807, 2.05) is 41.8 Å². The summed E-state index contributed by atoms with van der Waals surface area (Å²) in [6, 6.07) is 17.5. The van der Waals surface area contributed by atoms with Crippen LogP contribution in [0.1, 0.15) is 23.2 Å². The number of benzene rings is 2. The summed E-state index contributed by atoms with van der Waals surface area (Å²) in [4.78, 5) is 9.59. The standard InChI is InChI=1S/C23H23BN4O3/c1-15-13-18-19(24(29)30)10-5-11-20(18)28(15)23-26-21(17-9-6-12-31-22(17)27-23)25-14-16-7-3-2-4-8-16/h2-5,7-8,10-11,13,29-30H,6,9,12,14H2,1H3,(H,25,26,27). The molecule has 0 spiro atoms. The van der Waals surface area contributed by atoms with E-state index in [0.29, 0.717) is 30.4 Å². The maximum Gasteiger partial charge on any atom is 0.489 e. The molecule has 156 valence electrons. The zero-order valence-electron chi connectivity index (χ0n) is 17.2. The number of fused-ring (bicyclic) bond motifs is 2. The fourth-order valence-corrected chi connectivity index (χ4v) is 4.12. The number of aryl methyl sites for hydroxylation is 1. The Morgan fingerprint density at radius 1 is 1.10 bits per heavy atom. The first-order chi connectivity index (χ1) is 15.1. The number of hydrogen-bond acceptors (Lipinski definition) is 6. The first kappa shape index (κ1) is 19.6. The molecule has 0 unspecified atom stereocenters. The molecule has 5 rings (SSSR count). The zero-order chi connectivity index (χ0) is 21.4. The first-order valence-corrected chi connectivity index (χ1v) is 10.4. The number of hydrogen-bond donors (Lipinski definition) is 3. The summed E-state index contributed by atoms with van der Waals surface area (Å²) in [6.07, 6.45) is 1.79. The number of aromatic nitrogens is 3. The summed E-state index contributed by atoms with van der Waals surface area (Å²) in [6.45, 7) is 3.23. The van der Waals surface area contributed by atoms with E-state index in [9.17, 15) is 10.0 Å². The second-order valence-electron chi connectivity index (χ2n) is 7.72. The molecule has 2 aromatic carbocycles. The van der Waals surface area contributed by atoms with E-state index in [0.717, 1.165) is 46.4 Å². The first-order valence-electron chi connectivity index (χ1n) is 10.4. The minimum atomic E-state index is -1.55. The highest BCUT2D eigenvalue weighted by atomic mass is 16.5. The van der Waals surface area contributed by atoms with Gasteiger partial charge in [0.25, 0.3) is 0 Å². The fourth-order valence-electron chi connectivity index (χ4n) is 4.12. The summed E-state index contributed by atoms with van der Waals surface area (Å²) in [7, 11) is -1.55.